The maximum absolute atomic E-state index is 5.02. The van der Waals surface area contributed by atoms with Crippen LogP contribution in [-0.4, -0.2) is 29.9 Å². The van der Waals surface area contributed by atoms with Crippen molar-refractivity contribution < 1.29 is 0 Å². The first-order valence-corrected chi connectivity index (χ1v) is 26.1. The second-order valence-corrected chi connectivity index (χ2v) is 20.8. The van der Waals surface area contributed by atoms with Crippen LogP contribution in [0.3, 0.4) is 0 Å². The van der Waals surface area contributed by atoms with Crippen LogP contribution in [0.1, 0.15) is 0 Å². The lowest BCUT2D eigenvalue weighted by Crippen LogP contribution is -1.85. The van der Waals surface area contributed by atoms with Gasteiger partial charge in [0.1, 0.15) is 20.0 Å². The standard InChI is InChI=1S/2C30H19N3S2/c2*1-3-11-19(12-4-1)25-26(20-13-5-2-6-14-20)28(30-32-22-16-8-10-18-24(22)35-30)33-27(25)29-31-21-15-7-9-17-23(21)34-29/h2*1-18,33H. The molecule has 0 unspecified atom stereocenters. The second kappa shape index (κ2) is 18.1. The number of benzene rings is 8. The van der Waals surface area contributed by atoms with Crippen molar-refractivity contribution in [3.63, 3.8) is 0 Å². The van der Waals surface area contributed by atoms with E-state index in [2.05, 4.69) is 204 Å². The Bertz CT molecular complexity index is 3460. The summed E-state index contributed by atoms with van der Waals surface area (Å²) in [6, 6.07) is 75.7. The Hall–Kier alpha value is -8.12. The number of para-hydroxylation sites is 4. The number of fused-ring (bicyclic) bond motifs is 4. The molecule has 6 nitrogen and oxygen atoms in total. The molecule has 14 aromatic rings. The van der Waals surface area contributed by atoms with E-state index in [1.807, 2.05) is 24.3 Å². The molecule has 0 spiro atoms. The fourth-order valence-corrected chi connectivity index (χ4v) is 13.0. The Balaban J connectivity index is 0.000000137. The summed E-state index contributed by atoms with van der Waals surface area (Å²) in [4.78, 5) is 27.7. The van der Waals surface area contributed by atoms with Gasteiger partial charge in [0.25, 0.3) is 0 Å². The number of aromatic nitrogens is 6. The number of hydrogen-bond donors (Lipinski definition) is 2. The highest BCUT2D eigenvalue weighted by Crippen LogP contribution is 2.50. The summed E-state index contributed by atoms with van der Waals surface area (Å²) < 4.78 is 4.72. The summed E-state index contributed by atoms with van der Waals surface area (Å²) in [5, 5.41) is 3.92. The summed E-state index contributed by atoms with van der Waals surface area (Å²) in [5.41, 5.74) is 17.5. The fraction of sp³-hybridized carbons (Fsp3) is 0. The van der Waals surface area contributed by atoms with Gasteiger partial charge in [-0.3, -0.25) is 0 Å². The van der Waals surface area contributed by atoms with E-state index in [9.17, 15) is 0 Å². The molecule has 0 saturated heterocycles. The Kier molecular flexibility index (Phi) is 10.9. The molecule has 332 valence electrons. The minimum Gasteiger partial charge on any atom is -0.350 e. The number of aromatic amines is 2. The molecule has 0 aliphatic carbocycles. The lowest BCUT2D eigenvalue weighted by molar-refractivity contribution is 1.34. The van der Waals surface area contributed by atoms with E-state index in [-0.39, 0.29) is 0 Å². The lowest BCUT2D eigenvalue weighted by Gasteiger charge is -2.08. The molecule has 8 aromatic carbocycles. The van der Waals surface area contributed by atoms with Gasteiger partial charge in [0.05, 0.1) is 63.6 Å². The molecule has 14 rings (SSSR count). The van der Waals surface area contributed by atoms with Gasteiger partial charge >= 0.3 is 0 Å². The summed E-state index contributed by atoms with van der Waals surface area (Å²) in [5.74, 6) is 0. The second-order valence-electron chi connectivity index (χ2n) is 16.7. The molecule has 0 bridgehead atoms. The maximum atomic E-state index is 5.02. The van der Waals surface area contributed by atoms with Crippen LogP contribution in [-0.2, 0) is 0 Å². The first-order valence-electron chi connectivity index (χ1n) is 22.9. The van der Waals surface area contributed by atoms with Crippen LogP contribution >= 0.6 is 45.3 Å². The summed E-state index contributed by atoms with van der Waals surface area (Å²) in [6.07, 6.45) is 0. The van der Waals surface area contributed by atoms with E-state index < -0.39 is 0 Å². The molecule has 0 fully saturated rings. The average molecular weight is 971 g/mol. The zero-order chi connectivity index (χ0) is 46.4. The number of nitrogens with zero attached hydrogens (tertiary/aromatic N) is 4. The van der Waals surface area contributed by atoms with Crippen molar-refractivity contribution in [1.29, 1.82) is 0 Å². The molecule has 0 saturated carbocycles. The fourth-order valence-electron chi connectivity index (χ4n) is 9.13. The van der Waals surface area contributed by atoms with Crippen molar-refractivity contribution in [1.82, 2.24) is 29.9 Å². The van der Waals surface area contributed by atoms with E-state index in [0.717, 1.165) is 109 Å². The summed E-state index contributed by atoms with van der Waals surface area (Å²) >= 11 is 6.87. The highest BCUT2D eigenvalue weighted by atomic mass is 32.1. The average Bonchev–Trinajstić information content (AvgIpc) is 4.29. The van der Waals surface area contributed by atoms with Crippen molar-refractivity contribution in [2.45, 2.75) is 0 Å². The summed E-state index contributed by atoms with van der Waals surface area (Å²) in [7, 11) is 0. The third kappa shape index (κ3) is 7.73. The molecule has 10 heteroatoms. The third-order valence-electron chi connectivity index (χ3n) is 12.3. The van der Waals surface area contributed by atoms with Crippen LogP contribution in [0.2, 0.25) is 0 Å². The molecule has 0 aliphatic heterocycles. The Morgan fingerprint density at radius 2 is 0.429 bits per heavy atom. The predicted octanol–water partition coefficient (Wildman–Crippen LogP) is 17.8. The predicted molar refractivity (Wildman–Crippen MR) is 298 cm³/mol. The maximum Gasteiger partial charge on any atom is 0.141 e. The number of hydrogen-bond acceptors (Lipinski definition) is 8. The van der Waals surface area contributed by atoms with Crippen LogP contribution in [0.15, 0.2) is 218 Å². The van der Waals surface area contributed by atoms with Crippen LogP contribution < -0.4 is 0 Å². The van der Waals surface area contributed by atoms with E-state index >= 15 is 0 Å². The molecule has 6 aromatic heterocycles. The first-order chi connectivity index (χ1) is 34.7. The SMILES string of the molecule is c1ccc(-c2c(-c3nc4ccccc4s3)[nH]c(-c3nc4ccccc4s3)c2-c2ccccc2)cc1.c1ccc(-c2c(-c3nc4ccccc4s3)[nH]c(-c3nc4ccccc4s3)c2-c2ccccc2)cc1. The quantitative estimate of drug-likeness (QED) is 0.159. The van der Waals surface area contributed by atoms with Gasteiger partial charge in [0, 0.05) is 22.3 Å². The molecular formula is C60H38N6S4. The van der Waals surface area contributed by atoms with E-state index in [4.69, 9.17) is 19.9 Å². The molecule has 6 heterocycles. The van der Waals surface area contributed by atoms with Gasteiger partial charge in [-0.2, -0.15) is 0 Å². The Morgan fingerprint density at radius 1 is 0.229 bits per heavy atom. The Labute approximate surface area is 419 Å². The topological polar surface area (TPSA) is 83.1 Å². The van der Waals surface area contributed by atoms with Gasteiger partial charge in [0.2, 0.25) is 0 Å². The van der Waals surface area contributed by atoms with Gasteiger partial charge in [-0.05, 0) is 70.8 Å². The molecule has 70 heavy (non-hydrogen) atoms. The van der Waals surface area contributed by atoms with Gasteiger partial charge in [-0.25, -0.2) is 19.9 Å². The van der Waals surface area contributed by atoms with Gasteiger partial charge in [-0.15, -0.1) is 45.3 Å². The first kappa shape index (κ1) is 42.0. The zero-order valence-electron chi connectivity index (χ0n) is 37.2. The van der Waals surface area contributed by atoms with Crippen molar-refractivity contribution in [3.05, 3.63) is 218 Å². The van der Waals surface area contributed by atoms with E-state index in [0.29, 0.717) is 0 Å². The van der Waals surface area contributed by atoms with Gasteiger partial charge in [-0.1, -0.05) is 170 Å². The highest BCUT2D eigenvalue weighted by Gasteiger charge is 2.28. The number of rotatable bonds is 8. The molecule has 2 N–H and O–H groups in total. The van der Waals surface area contributed by atoms with Crippen molar-refractivity contribution in [2.75, 3.05) is 0 Å². The van der Waals surface area contributed by atoms with Crippen LogP contribution in [0, 0.1) is 0 Å². The third-order valence-corrected chi connectivity index (χ3v) is 16.5. The Morgan fingerprint density at radius 3 is 0.643 bits per heavy atom. The molecular weight excluding hydrogens is 933 g/mol. The molecule has 0 atom stereocenters. The van der Waals surface area contributed by atoms with Gasteiger partial charge < -0.3 is 9.97 Å². The largest absolute Gasteiger partial charge is 0.350 e. The number of thiazole rings is 4. The summed E-state index contributed by atoms with van der Waals surface area (Å²) in [6.45, 7) is 0. The van der Waals surface area contributed by atoms with E-state index in [1.165, 1.54) is 18.8 Å². The van der Waals surface area contributed by atoms with Crippen molar-refractivity contribution in [2.24, 2.45) is 0 Å². The minimum absolute atomic E-state index is 0.981. The van der Waals surface area contributed by atoms with E-state index in [1.54, 1.807) is 45.3 Å². The van der Waals surface area contributed by atoms with Crippen LogP contribution in [0.4, 0.5) is 0 Å². The normalized spacial score (nSPS) is 11.4. The minimum atomic E-state index is 0.981. The highest BCUT2D eigenvalue weighted by molar-refractivity contribution is 7.23. The zero-order valence-corrected chi connectivity index (χ0v) is 40.5. The van der Waals surface area contributed by atoms with Gasteiger partial charge in [0.15, 0.2) is 0 Å². The van der Waals surface area contributed by atoms with Crippen molar-refractivity contribution in [3.8, 4) is 87.3 Å². The van der Waals surface area contributed by atoms with Crippen LogP contribution in [0.5, 0.6) is 0 Å². The number of H-pyrrole nitrogens is 2. The molecule has 0 radical (unpaired) electrons. The monoisotopic (exact) mass is 970 g/mol. The molecule has 0 amide bonds. The lowest BCUT2D eigenvalue weighted by atomic mass is 9.95. The molecule has 0 aliphatic rings. The van der Waals surface area contributed by atoms with Crippen molar-refractivity contribution >= 4 is 86.2 Å². The number of nitrogens with one attached hydrogen (secondary N) is 2. The van der Waals surface area contributed by atoms with Crippen LogP contribution in [0.25, 0.3) is 128 Å². The smallest absolute Gasteiger partial charge is 0.141 e.